The lowest BCUT2D eigenvalue weighted by molar-refractivity contribution is -0.0427. The molecule has 2 aliphatic rings. The van der Waals surface area contributed by atoms with Gasteiger partial charge in [-0.25, -0.2) is 38.7 Å². The second-order valence-electron chi connectivity index (χ2n) is 10.4. The number of anilines is 2. The fourth-order valence-corrected chi connectivity index (χ4v) is 7.22. The predicted octanol–water partition coefficient (Wildman–Crippen LogP) is 1.91. The first-order chi connectivity index (χ1) is 23.2. The van der Waals surface area contributed by atoms with Crippen LogP contribution in [0.3, 0.4) is 0 Å². The van der Waals surface area contributed by atoms with Crippen molar-refractivity contribution in [2.75, 3.05) is 36.9 Å². The number of nitrogens with zero attached hydrogens (tertiary/aromatic N) is 8. The third-order valence-electron chi connectivity index (χ3n) is 7.57. The fourth-order valence-electron chi connectivity index (χ4n) is 5.46. The van der Waals surface area contributed by atoms with Crippen molar-refractivity contribution >= 4 is 72.9 Å². The van der Waals surface area contributed by atoms with Crippen molar-refractivity contribution in [2.45, 2.75) is 49.2 Å². The van der Waals surface area contributed by atoms with E-state index < -0.39 is 76.9 Å². The number of rotatable bonds is 14. The Balaban J connectivity index is 1.07. The molecule has 10 atom stereocenters. The number of nitrogens with one attached hydrogen (secondary N) is 2. The maximum atomic E-state index is 15.2. The number of hydrogen-bond acceptors (Lipinski definition) is 16. The van der Waals surface area contributed by atoms with E-state index in [1.807, 2.05) is 12.2 Å². The molecule has 18 nitrogen and oxygen atoms in total. The van der Waals surface area contributed by atoms with Crippen LogP contribution in [-0.4, -0.2) is 112 Å². The van der Waals surface area contributed by atoms with Crippen LogP contribution in [0.1, 0.15) is 12.5 Å². The van der Waals surface area contributed by atoms with Crippen molar-refractivity contribution in [3.05, 3.63) is 37.5 Å². The average Bonchev–Trinajstić information content (AvgIpc) is 3.83. The molecule has 0 amide bonds. The molecular weight excluding hydrogens is 720 g/mol. The summed E-state index contributed by atoms with van der Waals surface area (Å²) < 4.78 is 77.6. The van der Waals surface area contributed by atoms with Crippen LogP contribution in [-0.2, 0) is 27.7 Å². The number of alkyl halides is 2. The molecule has 4 aromatic heterocycles. The van der Waals surface area contributed by atoms with Crippen molar-refractivity contribution < 1.29 is 46.6 Å². The molecule has 24 heteroatoms. The summed E-state index contributed by atoms with van der Waals surface area (Å²) >= 11 is 7.42. The molecule has 6 heterocycles. The van der Waals surface area contributed by atoms with Crippen LogP contribution in [0.5, 0.6) is 0 Å². The minimum atomic E-state index is -2.79. The van der Waals surface area contributed by atoms with E-state index in [0.717, 1.165) is 0 Å². The molecule has 4 N–H and O–H groups in total. The summed E-state index contributed by atoms with van der Waals surface area (Å²) in [4.78, 5) is 25.5. The minimum Gasteiger partial charge on any atom is -0.394 e. The Morgan fingerprint density at radius 1 is 0.771 bits per heavy atom. The highest BCUT2D eigenvalue weighted by Crippen LogP contribution is 2.42. The van der Waals surface area contributed by atoms with Crippen LogP contribution in [0, 0.1) is 0 Å². The molecule has 48 heavy (non-hydrogen) atoms. The van der Waals surface area contributed by atoms with Crippen molar-refractivity contribution in [1.29, 1.82) is 0 Å². The number of hydrogen-bond donors (Lipinski definition) is 6. The summed E-state index contributed by atoms with van der Waals surface area (Å²) in [5.74, 6) is 0.746. The molecule has 0 spiro atoms. The molecule has 0 bridgehead atoms. The van der Waals surface area contributed by atoms with Gasteiger partial charge in [0.05, 0.1) is 25.9 Å². The first-order valence-electron chi connectivity index (χ1n) is 14.3. The lowest BCUT2D eigenvalue weighted by Crippen LogP contribution is -2.31. The van der Waals surface area contributed by atoms with Crippen molar-refractivity contribution in [3.63, 3.8) is 0 Å². The van der Waals surface area contributed by atoms with Gasteiger partial charge < -0.3 is 39.4 Å². The molecule has 2 aliphatic heterocycles. The van der Waals surface area contributed by atoms with Gasteiger partial charge in [-0.1, -0.05) is 36.6 Å². The minimum absolute atomic E-state index is 0.267. The van der Waals surface area contributed by atoms with Crippen molar-refractivity contribution in [1.82, 2.24) is 39.0 Å². The third-order valence-corrected chi connectivity index (χ3v) is 9.15. The number of ether oxygens (including phenoxy) is 2. The molecule has 2 saturated heterocycles. The van der Waals surface area contributed by atoms with E-state index in [1.165, 1.54) is 34.4 Å². The lowest BCUT2D eigenvalue weighted by Gasteiger charge is -2.16. The van der Waals surface area contributed by atoms with Gasteiger partial charge >= 0.3 is 0 Å². The highest BCUT2D eigenvalue weighted by Gasteiger charge is 2.49. The van der Waals surface area contributed by atoms with Crippen LogP contribution in [0.2, 0.25) is 0 Å². The molecule has 0 saturated carbocycles. The Bertz CT molecular complexity index is 1700. The van der Waals surface area contributed by atoms with Crippen LogP contribution < -0.4 is 10.6 Å². The third kappa shape index (κ3) is 7.09. The molecule has 3 unspecified atom stereocenters. The normalized spacial score (nSPS) is 28.9. The fraction of sp³-hybridized carbons (Fsp3) is 0.500. The summed E-state index contributed by atoms with van der Waals surface area (Å²) in [6, 6.07) is 0. The van der Waals surface area contributed by atoms with Gasteiger partial charge in [0.2, 0.25) is 14.5 Å². The smallest absolute Gasteiger partial charge is 0.243 e. The zero-order valence-electron chi connectivity index (χ0n) is 24.5. The van der Waals surface area contributed by atoms with Gasteiger partial charge in [0, 0.05) is 13.1 Å². The zero-order valence-corrected chi connectivity index (χ0v) is 28.3. The highest BCUT2D eigenvalue weighted by molar-refractivity contribution is 8.39. The Labute approximate surface area is 281 Å². The van der Waals surface area contributed by atoms with E-state index in [4.69, 9.17) is 18.5 Å². The van der Waals surface area contributed by atoms with E-state index in [1.54, 1.807) is 0 Å². The van der Waals surface area contributed by atoms with Crippen LogP contribution in [0.4, 0.5) is 20.4 Å². The van der Waals surface area contributed by atoms with Crippen molar-refractivity contribution in [3.8, 4) is 0 Å². The summed E-state index contributed by atoms with van der Waals surface area (Å²) in [5.41, 5.74) is 1.22. The number of imidazole rings is 2. The Kier molecular flexibility index (Phi) is 11.3. The second kappa shape index (κ2) is 15.4. The molecule has 4 aromatic rings. The Morgan fingerprint density at radius 2 is 1.19 bits per heavy atom. The number of aliphatic hydroxyl groups is 2. The monoisotopic (exact) mass is 750 g/mol. The van der Waals surface area contributed by atoms with Gasteiger partial charge in [-0.3, -0.25) is 18.3 Å². The number of aromatic nitrogens is 8. The average molecular weight is 751 g/mol. The standard InChI is InChI=1S/C24H30F2N10O8P2S2/c25-13-17(43-45(39)47)11(5-37)41-23(13)35-9-33-15-19(29-7-31-21(15)35)27-3-1-2-4-28-20-16-22(32-8-30-20)36(10-34-16)24-14(26)18(44-46(40)48)12(6-38)42-24/h1-2,7-14,17-18,23-24,37-38,45-46H,3-6H2,(H,39,47)(H,40,48)(H,27,29,31)(H,28,30,32)/b2-1-/t11-,12?,13-,14-,17-,18-,23-,24-/m1/s1. The van der Waals surface area contributed by atoms with Crippen LogP contribution in [0.15, 0.2) is 37.5 Å². The molecule has 0 radical (unpaired) electrons. The summed E-state index contributed by atoms with van der Waals surface area (Å²) in [5, 5.41) is 25.4. The molecule has 6 rings (SSSR count). The molecule has 2 fully saturated rings. The van der Waals surface area contributed by atoms with E-state index >= 15 is 8.78 Å². The largest absolute Gasteiger partial charge is 0.394 e. The quantitative estimate of drug-likeness (QED) is 0.0615. The number of halogens is 2. The van der Waals surface area contributed by atoms with E-state index in [0.29, 0.717) is 35.8 Å². The predicted molar refractivity (Wildman–Crippen MR) is 174 cm³/mol. The molecule has 0 aliphatic carbocycles. The van der Waals surface area contributed by atoms with Crippen LogP contribution in [0.25, 0.3) is 22.3 Å². The Morgan fingerprint density at radius 3 is 1.56 bits per heavy atom. The highest BCUT2D eigenvalue weighted by atomic mass is 32.7. The molecule has 260 valence electrons. The van der Waals surface area contributed by atoms with Gasteiger partial charge in [-0.15, -0.1) is 0 Å². The number of aliphatic hydroxyl groups excluding tert-OH is 2. The zero-order chi connectivity index (χ0) is 33.9. The summed E-state index contributed by atoms with van der Waals surface area (Å²) in [7, 11) is -5.58. The van der Waals surface area contributed by atoms with Gasteiger partial charge in [0.25, 0.3) is 0 Å². The van der Waals surface area contributed by atoms with E-state index in [2.05, 4.69) is 65.0 Å². The number of fused-ring (bicyclic) bond motifs is 2. The lowest BCUT2D eigenvalue weighted by atomic mass is 10.1. The van der Waals surface area contributed by atoms with Crippen LogP contribution >= 0.6 is 39.0 Å². The SMILES string of the molecule is O=[PH](S)O[C@H]1[C@@H](F)[C@H](n2cnc3c(NC/C=C\CNc4ncnc5c4ncn5[C@@H]4OC(CO)[C@@H](O[PH](=O)S)[C@H]4F)ncnc32)O[C@@H]1CO. The van der Waals surface area contributed by atoms with Gasteiger partial charge in [-0.05, 0) is 0 Å². The maximum Gasteiger partial charge on any atom is 0.243 e. The van der Waals surface area contributed by atoms with Gasteiger partial charge in [0.1, 0.15) is 37.1 Å². The Hall–Kier alpha value is -2.78. The van der Waals surface area contributed by atoms with Gasteiger partial charge in [-0.2, -0.15) is 0 Å². The number of thiol groups is 2. The van der Waals surface area contributed by atoms with E-state index in [-0.39, 0.29) is 11.3 Å². The van der Waals surface area contributed by atoms with Crippen molar-refractivity contribution in [2.24, 2.45) is 0 Å². The first-order valence-corrected chi connectivity index (χ1v) is 19.5. The summed E-state index contributed by atoms with van der Waals surface area (Å²) in [6.45, 7) is -0.455. The second-order valence-corrected chi connectivity index (χ2v) is 14.1. The topological polar surface area (TPSA) is 223 Å². The van der Waals surface area contributed by atoms with Gasteiger partial charge in [0.15, 0.2) is 58.8 Å². The summed E-state index contributed by atoms with van der Waals surface area (Å²) in [6.07, 6.45) is -1.86. The maximum absolute atomic E-state index is 15.2. The van der Waals surface area contributed by atoms with E-state index in [9.17, 15) is 19.3 Å². The molecular formula is C24H30F2N10O8P2S2. The molecule has 0 aromatic carbocycles. The first kappa shape index (κ1) is 35.1.